The number of fused-ring (bicyclic) bond motifs is 1. The molecular formula is C11H13NO2. The lowest BCUT2D eigenvalue weighted by Gasteiger charge is -2.32. The van der Waals surface area contributed by atoms with Crippen molar-refractivity contribution in [3.8, 4) is 0 Å². The summed E-state index contributed by atoms with van der Waals surface area (Å²) in [6.45, 7) is 2.47. The molecular weight excluding hydrogens is 178 g/mol. The molecule has 2 rings (SSSR count). The maximum absolute atomic E-state index is 10.9. The van der Waals surface area contributed by atoms with Crippen molar-refractivity contribution in [3.63, 3.8) is 0 Å². The fourth-order valence-corrected chi connectivity index (χ4v) is 1.93. The number of hydrogen-bond acceptors (Lipinski definition) is 1. The molecule has 74 valence electrons. The van der Waals surface area contributed by atoms with Crippen molar-refractivity contribution >= 4 is 6.09 Å². The van der Waals surface area contributed by atoms with Crippen LogP contribution in [0.15, 0.2) is 24.3 Å². The molecule has 0 aromatic heterocycles. The molecule has 1 unspecified atom stereocenters. The minimum absolute atomic E-state index is 0.0856. The molecule has 3 heteroatoms. The van der Waals surface area contributed by atoms with Gasteiger partial charge in [0.05, 0.1) is 0 Å². The molecule has 0 aliphatic carbocycles. The van der Waals surface area contributed by atoms with E-state index in [0.29, 0.717) is 6.54 Å². The summed E-state index contributed by atoms with van der Waals surface area (Å²) in [5.41, 5.74) is 2.41. The number of amides is 1. The van der Waals surface area contributed by atoms with Crippen LogP contribution < -0.4 is 0 Å². The van der Waals surface area contributed by atoms with Gasteiger partial charge in [-0.05, 0) is 24.5 Å². The van der Waals surface area contributed by atoms with Gasteiger partial charge >= 0.3 is 6.09 Å². The predicted molar refractivity (Wildman–Crippen MR) is 53.2 cm³/mol. The molecule has 1 aliphatic rings. The minimum atomic E-state index is -0.827. The van der Waals surface area contributed by atoms with E-state index in [-0.39, 0.29) is 6.04 Å². The van der Waals surface area contributed by atoms with Gasteiger partial charge in [0.2, 0.25) is 0 Å². The van der Waals surface area contributed by atoms with Gasteiger partial charge in [0, 0.05) is 12.6 Å². The highest BCUT2D eigenvalue weighted by atomic mass is 16.4. The number of carbonyl (C=O) groups is 1. The lowest BCUT2D eigenvalue weighted by molar-refractivity contribution is 0.119. The molecule has 0 bridgehead atoms. The van der Waals surface area contributed by atoms with E-state index in [0.717, 1.165) is 12.0 Å². The summed E-state index contributed by atoms with van der Waals surface area (Å²) in [6.07, 6.45) is -0.00495. The maximum Gasteiger partial charge on any atom is 0.407 e. The van der Waals surface area contributed by atoms with Crippen LogP contribution in [0.2, 0.25) is 0 Å². The Balaban J connectivity index is 2.31. The zero-order chi connectivity index (χ0) is 10.1. The first-order valence-electron chi connectivity index (χ1n) is 4.75. The monoisotopic (exact) mass is 191 g/mol. The summed E-state index contributed by atoms with van der Waals surface area (Å²) in [6, 6.07) is 8.11. The van der Waals surface area contributed by atoms with Gasteiger partial charge in [-0.3, -0.25) is 0 Å². The van der Waals surface area contributed by atoms with Crippen molar-refractivity contribution in [1.82, 2.24) is 4.90 Å². The number of benzene rings is 1. The van der Waals surface area contributed by atoms with Crippen LogP contribution in [0.1, 0.15) is 18.1 Å². The summed E-state index contributed by atoms with van der Waals surface area (Å²) >= 11 is 0. The second-order valence-corrected chi connectivity index (χ2v) is 3.73. The first-order valence-corrected chi connectivity index (χ1v) is 4.75. The van der Waals surface area contributed by atoms with Crippen LogP contribution in [-0.2, 0) is 13.0 Å². The van der Waals surface area contributed by atoms with E-state index in [9.17, 15) is 4.79 Å². The molecule has 0 saturated heterocycles. The summed E-state index contributed by atoms with van der Waals surface area (Å²) in [4.78, 5) is 12.4. The zero-order valence-electron chi connectivity index (χ0n) is 8.10. The van der Waals surface area contributed by atoms with Gasteiger partial charge in [0.25, 0.3) is 0 Å². The second kappa shape index (κ2) is 3.33. The molecule has 0 spiro atoms. The van der Waals surface area contributed by atoms with Crippen molar-refractivity contribution in [2.45, 2.75) is 25.9 Å². The van der Waals surface area contributed by atoms with Crippen molar-refractivity contribution in [1.29, 1.82) is 0 Å². The third-order valence-corrected chi connectivity index (χ3v) is 2.75. The number of nitrogens with zero attached hydrogens (tertiary/aromatic N) is 1. The van der Waals surface area contributed by atoms with E-state index in [4.69, 9.17) is 5.11 Å². The van der Waals surface area contributed by atoms with Crippen LogP contribution >= 0.6 is 0 Å². The van der Waals surface area contributed by atoms with E-state index in [1.54, 1.807) is 0 Å². The fourth-order valence-electron chi connectivity index (χ4n) is 1.93. The van der Waals surface area contributed by atoms with Crippen LogP contribution in [0.25, 0.3) is 0 Å². The van der Waals surface area contributed by atoms with Crippen LogP contribution in [0.4, 0.5) is 4.79 Å². The molecule has 0 fully saturated rings. The molecule has 1 aromatic carbocycles. The summed E-state index contributed by atoms with van der Waals surface area (Å²) in [7, 11) is 0. The third-order valence-electron chi connectivity index (χ3n) is 2.75. The first kappa shape index (κ1) is 9.06. The van der Waals surface area contributed by atoms with Crippen molar-refractivity contribution < 1.29 is 9.90 Å². The molecule has 0 radical (unpaired) electrons. The van der Waals surface area contributed by atoms with Crippen LogP contribution in [0.3, 0.4) is 0 Å². The maximum atomic E-state index is 10.9. The van der Waals surface area contributed by atoms with E-state index >= 15 is 0 Å². The summed E-state index contributed by atoms with van der Waals surface area (Å²) < 4.78 is 0. The van der Waals surface area contributed by atoms with Crippen LogP contribution in [0, 0.1) is 0 Å². The van der Waals surface area contributed by atoms with Gasteiger partial charge in [-0.15, -0.1) is 0 Å². The highest BCUT2D eigenvalue weighted by Gasteiger charge is 2.25. The number of carboxylic acid groups (broad SMARTS) is 1. The molecule has 0 saturated carbocycles. The van der Waals surface area contributed by atoms with Gasteiger partial charge in [-0.1, -0.05) is 24.3 Å². The van der Waals surface area contributed by atoms with E-state index in [1.165, 1.54) is 10.5 Å². The van der Waals surface area contributed by atoms with Crippen molar-refractivity contribution in [2.75, 3.05) is 0 Å². The van der Waals surface area contributed by atoms with Gasteiger partial charge in [0.1, 0.15) is 0 Å². The lowest BCUT2D eigenvalue weighted by Crippen LogP contribution is -2.41. The Hall–Kier alpha value is -1.51. The summed E-state index contributed by atoms with van der Waals surface area (Å²) in [5.74, 6) is 0. The van der Waals surface area contributed by atoms with E-state index in [1.807, 2.05) is 25.1 Å². The molecule has 1 aromatic rings. The second-order valence-electron chi connectivity index (χ2n) is 3.73. The van der Waals surface area contributed by atoms with Gasteiger partial charge in [-0.2, -0.15) is 0 Å². The quantitative estimate of drug-likeness (QED) is 0.682. The van der Waals surface area contributed by atoms with Gasteiger partial charge in [-0.25, -0.2) is 4.79 Å². The predicted octanol–water partition coefficient (Wildman–Crippen LogP) is 2.11. The fraction of sp³-hybridized carbons (Fsp3) is 0.364. The molecule has 1 atom stereocenters. The van der Waals surface area contributed by atoms with Gasteiger partial charge in [0.15, 0.2) is 0 Å². The average molecular weight is 191 g/mol. The normalized spacial score (nSPS) is 20.4. The Kier molecular flexibility index (Phi) is 2.15. The van der Waals surface area contributed by atoms with Crippen molar-refractivity contribution in [2.24, 2.45) is 0 Å². The molecule has 1 N–H and O–H groups in total. The zero-order valence-corrected chi connectivity index (χ0v) is 8.10. The smallest absolute Gasteiger partial charge is 0.407 e. The minimum Gasteiger partial charge on any atom is -0.465 e. The SMILES string of the molecule is CC1Cc2ccccc2CN1C(=O)O. The molecule has 1 aliphatic heterocycles. The standard InChI is InChI=1S/C11H13NO2/c1-8-6-9-4-2-3-5-10(9)7-12(8)11(13)14/h2-5,8H,6-7H2,1H3,(H,13,14). The molecule has 1 amide bonds. The third kappa shape index (κ3) is 1.45. The largest absolute Gasteiger partial charge is 0.465 e. The Morgan fingerprint density at radius 1 is 1.43 bits per heavy atom. The Labute approximate surface area is 83.0 Å². The number of hydrogen-bond donors (Lipinski definition) is 1. The van der Waals surface area contributed by atoms with Crippen LogP contribution in [0.5, 0.6) is 0 Å². The average Bonchev–Trinajstić information content (AvgIpc) is 2.16. The number of rotatable bonds is 0. The molecule has 1 heterocycles. The Morgan fingerprint density at radius 2 is 2.07 bits per heavy atom. The summed E-state index contributed by atoms with van der Waals surface area (Å²) in [5, 5.41) is 8.96. The molecule has 14 heavy (non-hydrogen) atoms. The lowest BCUT2D eigenvalue weighted by atomic mass is 9.95. The van der Waals surface area contributed by atoms with Crippen LogP contribution in [-0.4, -0.2) is 22.1 Å². The first-order chi connectivity index (χ1) is 6.68. The van der Waals surface area contributed by atoms with Gasteiger partial charge < -0.3 is 10.0 Å². The van der Waals surface area contributed by atoms with E-state index in [2.05, 4.69) is 6.07 Å². The molecule has 3 nitrogen and oxygen atoms in total. The van der Waals surface area contributed by atoms with E-state index < -0.39 is 6.09 Å². The highest BCUT2D eigenvalue weighted by molar-refractivity contribution is 5.66. The Bertz CT molecular complexity index is 362. The topological polar surface area (TPSA) is 40.5 Å². The van der Waals surface area contributed by atoms with Crippen molar-refractivity contribution in [3.05, 3.63) is 35.4 Å². The Morgan fingerprint density at radius 3 is 2.71 bits per heavy atom. The highest BCUT2D eigenvalue weighted by Crippen LogP contribution is 2.22.